The van der Waals surface area contributed by atoms with E-state index >= 15 is 0 Å². The molecule has 0 aliphatic rings. The molecule has 0 aliphatic heterocycles. The van der Waals surface area contributed by atoms with Crippen LogP contribution in [0.4, 0.5) is 0 Å². The van der Waals surface area contributed by atoms with Crippen LogP contribution < -0.4 is 5.32 Å². The lowest BCUT2D eigenvalue weighted by atomic mass is 10.1. The third kappa shape index (κ3) is 5.18. The Morgan fingerprint density at radius 1 is 1.35 bits per heavy atom. The zero-order valence-electron chi connectivity index (χ0n) is 10.3. The lowest BCUT2D eigenvalue weighted by molar-refractivity contribution is 0.392. The van der Waals surface area contributed by atoms with Crippen LogP contribution >= 0.6 is 11.6 Å². The molecule has 0 amide bonds. The summed E-state index contributed by atoms with van der Waals surface area (Å²) in [5.74, 6) is 0. The summed E-state index contributed by atoms with van der Waals surface area (Å²) in [5, 5.41) is 13.0. The van der Waals surface area contributed by atoms with Gasteiger partial charge < -0.3 is 4.90 Å². The standard InChI is InChI=1S/C13H18ClN3/c1-17(2)9-3-8-16-13(10-15)11-4-6-12(14)7-5-11/h4-7,13,16H,3,8-9H2,1-2H3. The molecule has 1 aromatic rings. The maximum Gasteiger partial charge on any atom is 0.121 e. The smallest absolute Gasteiger partial charge is 0.121 e. The van der Waals surface area contributed by atoms with Gasteiger partial charge in [0.2, 0.25) is 0 Å². The maximum atomic E-state index is 9.10. The highest BCUT2D eigenvalue weighted by atomic mass is 35.5. The Morgan fingerprint density at radius 3 is 2.53 bits per heavy atom. The van der Waals surface area contributed by atoms with Crippen molar-refractivity contribution in [3.05, 3.63) is 34.9 Å². The van der Waals surface area contributed by atoms with Gasteiger partial charge in [0.05, 0.1) is 6.07 Å². The molecule has 0 saturated carbocycles. The van der Waals surface area contributed by atoms with Gasteiger partial charge in [0.15, 0.2) is 0 Å². The zero-order valence-corrected chi connectivity index (χ0v) is 11.0. The first-order valence-corrected chi connectivity index (χ1v) is 6.04. The largest absolute Gasteiger partial charge is 0.309 e. The van der Waals surface area contributed by atoms with Gasteiger partial charge in [-0.2, -0.15) is 5.26 Å². The summed E-state index contributed by atoms with van der Waals surface area (Å²) < 4.78 is 0. The minimum absolute atomic E-state index is 0.255. The second-order valence-electron chi connectivity index (χ2n) is 4.22. The normalized spacial score (nSPS) is 12.4. The van der Waals surface area contributed by atoms with Crippen LogP contribution in [0.3, 0.4) is 0 Å². The van der Waals surface area contributed by atoms with Gasteiger partial charge in [-0.25, -0.2) is 0 Å². The van der Waals surface area contributed by atoms with Crippen LogP contribution in [0.5, 0.6) is 0 Å². The number of hydrogen-bond donors (Lipinski definition) is 1. The summed E-state index contributed by atoms with van der Waals surface area (Å²) in [4.78, 5) is 2.13. The second kappa shape index (κ2) is 7.29. The molecule has 0 aliphatic carbocycles. The predicted molar refractivity (Wildman–Crippen MR) is 71.0 cm³/mol. The molecule has 1 atom stereocenters. The first kappa shape index (κ1) is 14.0. The van der Waals surface area contributed by atoms with Gasteiger partial charge >= 0.3 is 0 Å². The minimum atomic E-state index is -0.255. The number of nitrogens with one attached hydrogen (secondary N) is 1. The summed E-state index contributed by atoms with van der Waals surface area (Å²) in [6, 6.07) is 9.39. The zero-order chi connectivity index (χ0) is 12.7. The van der Waals surface area contributed by atoms with Crippen molar-refractivity contribution in [3.63, 3.8) is 0 Å². The van der Waals surface area contributed by atoms with Gasteiger partial charge in [0.1, 0.15) is 6.04 Å². The van der Waals surface area contributed by atoms with Gasteiger partial charge in [-0.3, -0.25) is 5.32 Å². The highest BCUT2D eigenvalue weighted by Gasteiger charge is 2.08. The molecule has 1 unspecified atom stereocenters. The van der Waals surface area contributed by atoms with Crippen molar-refractivity contribution in [1.29, 1.82) is 5.26 Å². The van der Waals surface area contributed by atoms with E-state index in [1.807, 2.05) is 38.4 Å². The fraction of sp³-hybridized carbons (Fsp3) is 0.462. The average Bonchev–Trinajstić information content (AvgIpc) is 2.30. The van der Waals surface area contributed by atoms with Crippen LogP contribution in [0.15, 0.2) is 24.3 Å². The van der Waals surface area contributed by atoms with Crippen molar-refractivity contribution in [1.82, 2.24) is 10.2 Å². The molecule has 0 bridgehead atoms. The molecule has 92 valence electrons. The minimum Gasteiger partial charge on any atom is -0.309 e. The van der Waals surface area contributed by atoms with E-state index in [1.54, 1.807) is 0 Å². The molecule has 0 fully saturated rings. The van der Waals surface area contributed by atoms with Crippen molar-refractivity contribution in [2.45, 2.75) is 12.5 Å². The van der Waals surface area contributed by atoms with Gasteiger partial charge in [-0.05, 0) is 51.3 Å². The van der Waals surface area contributed by atoms with E-state index in [-0.39, 0.29) is 6.04 Å². The second-order valence-corrected chi connectivity index (χ2v) is 4.66. The Balaban J connectivity index is 2.44. The van der Waals surface area contributed by atoms with Crippen LogP contribution in [-0.4, -0.2) is 32.1 Å². The summed E-state index contributed by atoms with van der Waals surface area (Å²) in [7, 11) is 4.09. The molecule has 4 heteroatoms. The maximum absolute atomic E-state index is 9.10. The molecule has 3 nitrogen and oxygen atoms in total. The summed E-state index contributed by atoms with van der Waals surface area (Å²) in [6.07, 6.45) is 1.03. The molecule has 0 heterocycles. The highest BCUT2D eigenvalue weighted by molar-refractivity contribution is 6.30. The Hall–Kier alpha value is -1.08. The van der Waals surface area contributed by atoms with Crippen LogP contribution in [-0.2, 0) is 0 Å². The third-order valence-electron chi connectivity index (χ3n) is 2.46. The molecule has 0 radical (unpaired) electrons. The van der Waals surface area contributed by atoms with Crippen LogP contribution in [0.25, 0.3) is 0 Å². The summed E-state index contributed by atoms with van der Waals surface area (Å²) in [5.41, 5.74) is 0.960. The number of nitriles is 1. The van der Waals surface area contributed by atoms with E-state index in [4.69, 9.17) is 16.9 Å². The first-order chi connectivity index (χ1) is 8.13. The van der Waals surface area contributed by atoms with Gasteiger partial charge in [-0.15, -0.1) is 0 Å². The average molecular weight is 252 g/mol. The van der Waals surface area contributed by atoms with Crippen molar-refractivity contribution >= 4 is 11.6 Å². The fourth-order valence-electron chi connectivity index (χ4n) is 1.53. The third-order valence-corrected chi connectivity index (χ3v) is 2.71. The monoisotopic (exact) mass is 251 g/mol. The number of rotatable bonds is 6. The van der Waals surface area contributed by atoms with E-state index in [9.17, 15) is 0 Å². The summed E-state index contributed by atoms with van der Waals surface area (Å²) in [6.45, 7) is 1.85. The van der Waals surface area contributed by atoms with Gasteiger partial charge in [-0.1, -0.05) is 23.7 Å². The molecule has 0 aromatic heterocycles. The van der Waals surface area contributed by atoms with E-state index in [0.717, 1.165) is 25.1 Å². The predicted octanol–water partition coefficient (Wildman–Crippen LogP) is 2.45. The number of nitrogens with zero attached hydrogens (tertiary/aromatic N) is 2. The number of benzene rings is 1. The van der Waals surface area contributed by atoms with E-state index in [1.165, 1.54) is 0 Å². The van der Waals surface area contributed by atoms with E-state index in [0.29, 0.717) is 5.02 Å². The topological polar surface area (TPSA) is 39.1 Å². The van der Waals surface area contributed by atoms with Crippen molar-refractivity contribution in [2.75, 3.05) is 27.2 Å². The lowest BCUT2D eigenvalue weighted by Crippen LogP contribution is -2.24. The molecular formula is C13H18ClN3. The summed E-state index contributed by atoms with van der Waals surface area (Å²) >= 11 is 5.81. The van der Waals surface area contributed by atoms with E-state index in [2.05, 4.69) is 16.3 Å². The molecule has 1 aromatic carbocycles. The van der Waals surface area contributed by atoms with Gasteiger partial charge in [0.25, 0.3) is 0 Å². The molecule has 1 N–H and O–H groups in total. The Bertz CT molecular complexity index is 367. The number of halogens is 1. The van der Waals surface area contributed by atoms with Crippen LogP contribution in [0.2, 0.25) is 5.02 Å². The SMILES string of the molecule is CN(C)CCCNC(C#N)c1ccc(Cl)cc1. The van der Waals surface area contributed by atoms with Crippen LogP contribution in [0, 0.1) is 11.3 Å². The lowest BCUT2D eigenvalue weighted by Gasteiger charge is -2.13. The Labute approximate surface area is 108 Å². The quantitative estimate of drug-likeness (QED) is 0.790. The van der Waals surface area contributed by atoms with Gasteiger partial charge in [0, 0.05) is 5.02 Å². The molecule has 0 spiro atoms. The Morgan fingerprint density at radius 2 is 2.00 bits per heavy atom. The number of hydrogen-bond acceptors (Lipinski definition) is 3. The van der Waals surface area contributed by atoms with Crippen LogP contribution in [0.1, 0.15) is 18.0 Å². The van der Waals surface area contributed by atoms with Crippen molar-refractivity contribution in [3.8, 4) is 6.07 Å². The van der Waals surface area contributed by atoms with Crippen molar-refractivity contribution < 1.29 is 0 Å². The molecule has 0 saturated heterocycles. The van der Waals surface area contributed by atoms with E-state index < -0.39 is 0 Å². The molecule has 17 heavy (non-hydrogen) atoms. The first-order valence-electron chi connectivity index (χ1n) is 5.66. The van der Waals surface area contributed by atoms with Crippen molar-refractivity contribution in [2.24, 2.45) is 0 Å². The molecular weight excluding hydrogens is 234 g/mol. The highest BCUT2D eigenvalue weighted by Crippen LogP contribution is 2.15. The molecule has 1 rings (SSSR count). The Kier molecular flexibility index (Phi) is 5.99. The fourth-order valence-corrected chi connectivity index (χ4v) is 1.66.